The van der Waals surface area contributed by atoms with Crippen molar-refractivity contribution in [3.63, 3.8) is 0 Å². The fourth-order valence-electron chi connectivity index (χ4n) is 3.23. The first-order valence-corrected chi connectivity index (χ1v) is 6.80. The van der Waals surface area contributed by atoms with Crippen LogP contribution in [-0.4, -0.2) is 47.8 Å². The first-order valence-electron chi connectivity index (χ1n) is 6.80. The number of nitrogens with zero attached hydrogens (tertiary/aromatic N) is 1. The number of hydrogen-bond donors (Lipinski definition) is 1. The summed E-state index contributed by atoms with van der Waals surface area (Å²) in [7, 11) is 0. The number of hydrogen-bond acceptors (Lipinski definition) is 3. The Kier molecular flexibility index (Phi) is 4.40. The quantitative estimate of drug-likeness (QED) is 0.690. The van der Waals surface area contributed by atoms with Crippen LogP contribution in [0.2, 0.25) is 0 Å². The number of carbonyl (C=O) groups is 1. The molecule has 2 bridgehead atoms. The van der Waals surface area contributed by atoms with Crippen molar-refractivity contribution in [2.24, 2.45) is 5.92 Å². The summed E-state index contributed by atoms with van der Waals surface area (Å²) in [5.41, 5.74) is 0. The second kappa shape index (κ2) is 5.83. The van der Waals surface area contributed by atoms with E-state index in [-0.39, 0.29) is 12.0 Å². The van der Waals surface area contributed by atoms with Gasteiger partial charge in [-0.05, 0) is 25.7 Å². The van der Waals surface area contributed by atoms with E-state index in [2.05, 4.69) is 11.8 Å². The zero-order valence-corrected chi connectivity index (χ0v) is 10.6. The number of ether oxygens (including phenoxy) is 1. The van der Waals surface area contributed by atoms with Gasteiger partial charge in [-0.1, -0.05) is 13.3 Å². The highest BCUT2D eigenvalue weighted by atomic mass is 16.5. The molecule has 2 aliphatic rings. The lowest BCUT2D eigenvalue weighted by molar-refractivity contribution is -0.142. The molecule has 1 N–H and O–H groups in total. The van der Waals surface area contributed by atoms with Crippen LogP contribution >= 0.6 is 0 Å². The highest BCUT2D eigenvalue weighted by Crippen LogP contribution is 2.41. The van der Waals surface area contributed by atoms with Crippen molar-refractivity contribution in [2.75, 3.05) is 19.8 Å². The normalized spacial score (nSPS) is 32.2. The molecule has 2 fully saturated rings. The molecule has 0 radical (unpaired) electrons. The smallest absolute Gasteiger partial charge is 0.308 e. The van der Waals surface area contributed by atoms with Gasteiger partial charge in [0.2, 0.25) is 0 Å². The van der Waals surface area contributed by atoms with E-state index in [1.807, 2.05) is 0 Å². The Bertz CT molecular complexity index is 269. The largest absolute Gasteiger partial charge is 0.481 e. The Morgan fingerprint density at radius 3 is 2.88 bits per heavy atom. The van der Waals surface area contributed by atoms with Gasteiger partial charge in [-0.15, -0.1) is 0 Å². The van der Waals surface area contributed by atoms with Crippen LogP contribution in [0.4, 0.5) is 0 Å². The predicted molar refractivity (Wildman–Crippen MR) is 65.0 cm³/mol. The summed E-state index contributed by atoms with van der Waals surface area (Å²) in [5, 5.41) is 9.14. The molecule has 0 amide bonds. The molecule has 3 atom stereocenters. The maximum Gasteiger partial charge on any atom is 0.308 e. The molecular weight excluding hydrogens is 218 g/mol. The van der Waals surface area contributed by atoms with Crippen LogP contribution < -0.4 is 0 Å². The molecule has 0 aliphatic carbocycles. The van der Waals surface area contributed by atoms with Gasteiger partial charge in [-0.3, -0.25) is 9.69 Å². The Labute approximate surface area is 103 Å². The fraction of sp³-hybridized carbons (Fsp3) is 0.923. The number of fused-ring (bicyclic) bond motifs is 2. The summed E-state index contributed by atoms with van der Waals surface area (Å²) < 4.78 is 5.57. The molecule has 17 heavy (non-hydrogen) atoms. The van der Waals surface area contributed by atoms with Crippen LogP contribution in [0.5, 0.6) is 0 Å². The number of unbranched alkanes of at least 4 members (excludes halogenated alkanes) is 1. The van der Waals surface area contributed by atoms with Gasteiger partial charge < -0.3 is 9.84 Å². The van der Waals surface area contributed by atoms with Gasteiger partial charge in [-0.25, -0.2) is 0 Å². The Balaban J connectivity index is 1.73. The minimum absolute atomic E-state index is 0.135. The summed E-state index contributed by atoms with van der Waals surface area (Å²) in [6.07, 6.45) is 5.34. The van der Waals surface area contributed by atoms with Gasteiger partial charge in [0.25, 0.3) is 0 Å². The van der Waals surface area contributed by atoms with Crippen molar-refractivity contribution in [3.8, 4) is 0 Å². The van der Waals surface area contributed by atoms with Crippen LogP contribution in [0.1, 0.15) is 39.0 Å². The van der Waals surface area contributed by atoms with E-state index < -0.39 is 5.97 Å². The van der Waals surface area contributed by atoms with E-state index >= 15 is 0 Å². The minimum atomic E-state index is -0.617. The van der Waals surface area contributed by atoms with Crippen LogP contribution in [0, 0.1) is 5.92 Å². The fourth-order valence-corrected chi connectivity index (χ4v) is 3.23. The summed E-state index contributed by atoms with van der Waals surface area (Å²) in [6.45, 7) is 4.64. The standard InChI is InChI=1S/C13H23NO3/c1-2-3-7-17-8-6-14-10-4-5-12(14)11(9-10)13(15)16/h10-12H,2-9H2,1H3,(H,15,16). The molecule has 2 rings (SSSR count). The van der Waals surface area contributed by atoms with Crippen molar-refractivity contribution in [1.29, 1.82) is 0 Å². The van der Waals surface area contributed by atoms with Gasteiger partial charge in [-0.2, -0.15) is 0 Å². The highest BCUT2D eigenvalue weighted by molar-refractivity contribution is 5.71. The molecular formula is C13H23NO3. The van der Waals surface area contributed by atoms with E-state index in [0.29, 0.717) is 6.04 Å². The molecule has 2 aliphatic heterocycles. The van der Waals surface area contributed by atoms with Crippen molar-refractivity contribution in [1.82, 2.24) is 4.90 Å². The molecule has 4 nitrogen and oxygen atoms in total. The summed E-state index contributed by atoms with van der Waals surface area (Å²) >= 11 is 0. The van der Waals surface area contributed by atoms with Gasteiger partial charge in [0.1, 0.15) is 0 Å². The molecule has 0 saturated carbocycles. The minimum Gasteiger partial charge on any atom is -0.481 e. The second-order valence-electron chi connectivity index (χ2n) is 5.18. The molecule has 0 aromatic rings. The number of aliphatic carboxylic acids is 1. The summed E-state index contributed by atoms with van der Waals surface area (Å²) in [6, 6.07) is 0.767. The molecule has 2 saturated heterocycles. The lowest BCUT2D eigenvalue weighted by Gasteiger charge is -2.22. The van der Waals surface area contributed by atoms with Crippen molar-refractivity contribution in [2.45, 2.75) is 51.1 Å². The molecule has 0 spiro atoms. The van der Waals surface area contributed by atoms with Gasteiger partial charge in [0, 0.05) is 25.2 Å². The lowest BCUT2D eigenvalue weighted by atomic mass is 9.89. The number of carboxylic acids is 1. The first-order chi connectivity index (χ1) is 8.24. The summed E-state index contributed by atoms with van der Waals surface area (Å²) in [4.78, 5) is 13.5. The van der Waals surface area contributed by atoms with Gasteiger partial charge in [0.05, 0.1) is 12.5 Å². The predicted octanol–water partition coefficient (Wildman–Crippen LogP) is 1.74. The maximum absolute atomic E-state index is 11.1. The van der Waals surface area contributed by atoms with E-state index in [4.69, 9.17) is 9.84 Å². The van der Waals surface area contributed by atoms with E-state index in [1.54, 1.807) is 0 Å². The third kappa shape index (κ3) is 2.80. The first kappa shape index (κ1) is 12.8. The zero-order valence-electron chi connectivity index (χ0n) is 10.6. The average molecular weight is 241 g/mol. The van der Waals surface area contributed by atoms with E-state index in [1.165, 1.54) is 6.42 Å². The SMILES string of the molecule is CCCCOCCN1C2CCC1C(C(=O)O)C2. The van der Waals surface area contributed by atoms with E-state index in [9.17, 15) is 4.79 Å². The maximum atomic E-state index is 11.1. The molecule has 4 heteroatoms. The number of rotatable bonds is 7. The summed E-state index contributed by atoms with van der Waals surface area (Å²) in [5.74, 6) is -0.751. The van der Waals surface area contributed by atoms with Crippen LogP contribution in [0.25, 0.3) is 0 Å². The third-order valence-corrected chi connectivity index (χ3v) is 4.13. The Morgan fingerprint density at radius 1 is 1.41 bits per heavy atom. The van der Waals surface area contributed by atoms with Crippen LogP contribution in [0.15, 0.2) is 0 Å². The molecule has 0 aromatic heterocycles. The van der Waals surface area contributed by atoms with Gasteiger partial charge in [0.15, 0.2) is 0 Å². The van der Waals surface area contributed by atoms with Crippen molar-refractivity contribution < 1.29 is 14.6 Å². The molecule has 0 aromatic carbocycles. The second-order valence-corrected chi connectivity index (χ2v) is 5.18. The van der Waals surface area contributed by atoms with Crippen LogP contribution in [0.3, 0.4) is 0 Å². The highest BCUT2D eigenvalue weighted by Gasteiger charge is 2.48. The van der Waals surface area contributed by atoms with E-state index in [0.717, 1.165) is 45.4 Å². The molecule has 3 unspecified atom stereocenters. The topological polar surface area (TPSA) is 49.8 Å². The monoisotopic (exact) mass is 241 g/mol. The van der Waals surface area contributed by atoms with Crippen molar-refractivity contribution in [3.05, 3.63) is 0 Å². The zero-order chi connectivity index (χ0) is 12.3. The van der Waals surface area contributed by atoms with Crippen molar-refractivity contribution >= 4 is 5.97 Å². The average Bonchev–Trinajstić information content (AvgIpc) is 2.86. The number of carboxylic acid groups (broad SMARTS) is 1. The Hall–Kier alpha value is -0.610. The molecule has 98 valence electrons. The molecule has 2 heterocycles. The van der Waals surface area contributed by atoms with Gasteiger partial charge >= 0.3 is 5.97 Å². The Morgan fingerprint density at radius 2 is 2.24 bits per heavy atom. The van der Waals surface area contributed by atoms with Crippen LogP contribution in [-0.2, 0) is 9.53 Å². The third-order valence-electron chi connectivity index (χ3n) is 4.13. The lowest BCUT2D eigenvalue weighted by Crippen LogP contribution is -2.35.